The lowest BCUT2D eigenvalue weighted by Gasteiger charge is -2.32. The number of nitrogens with zero attached hydrogens (tertiary/aromatic N) is 2. The van der Waals surface area contributed by atoms with Gasteiger partial charge in [-0.2, -0.15) is 13.2 Å². The summed E-state index contributed by atoms with van der Waals surface area (Å²) in [6.45, 7) is 3.13. The van der Waals surface area contributed by atoms with Crippen molar-refractivity contribution in [1.29, 1.82) is 0 Å². The molecular formula is C20H23F3N2. The average Bonchev–Trinajstić information content (AvgIpc) is 2.62. The molecule has 0 spiro atoms. The zero-order valence-electron chi connectivity index (χ0n) is 14.2. The van der Waals surface area contributed by atoms with Crippen molar-refractivity contribution in [2.75, 3.05) is 19.6 Å². The maximum Gasteiger partial charge on any atom is 0.416 e. The molecule has 0 bridgehead atoms. The van der Waals surface area contributed by atoms with Gasteiger partial charge in [0.1, 0.15) is 0 Å². The molecule has 1 saturated heterocycles. The number of halogens is 3. The Hall–Kier alpha value is -1.88. The van der Waals surface area contributed by atoms with E-state index >= 15 is 0 Å². The van der Waals surface area contributed by atoms with Crippen LogP contribution in [0, 0.1) is 0 Å². The Morgan fingerprint density at radius 2 is 1.92 bits per heavy atom. The Morgan fingerprint density at radius 3 is 2.60 bits per heavy atom. The second kappa shape index (κ2) is 8.00. The molecule has 2 aromatic rings. The van der Waals surface area contributed by atoms with Gasteiger partial charge in [-0.05, 0) is 74.0 Å². The van der Waals surface area contributed by atoms with E-state index in [1.165, 1.54) is 30.5 Å². The van der Waals surface area contributed by atoms with Crippen molar-refractivity contribution in [1.82, 2.24) is 9.88 Å². The summed E-state index contributed by atoms with van der Waals surface area (Å²) in [4.78, 5) is 6.68. The number of piperidine rings is 1. The van der Waals surface area contributed by atoms with Crippen molar-refractivity contribution in [3.05, 3.63) is 65.5 Å². The van der Waals surface area contributed by atoms with E-state index in [9.17, 15) is 13.2 Å². The van der Waals surface area contributed by atoms with Gasteiger partial charge >= 0.3 is 6.18 Å². The van der Waals surface area contributed by atoms with E-state index in [0.29, 0.717) is 5.92 Å². The predicted molar refractivity (Wildman–Crippen MR) is 92.4 cm³/mol. The molecule has 0 aliphatic carbocycles. The van der Waals surface area contributed by atoms with Gasteiger partial charge in [0.2, 0.25) is 0 Å². The number of rotatable bonds is 5. The fraction of sp³-hybridized carbons (Fsp3) is 0.450. The number of hydrogen-bond donors (Lipinski definition) is 0. The molecule has 5 heteroatoms. The van der Waals surface area contributed by atoms with Crippen molar-refractivity contribution in [3.8, 4) is 0 Å². The molecular weight excluding hydrogens is 325 g/mol. The molecule has 1 unspecified atom stereocenters. The standard InChI is InChI=1S/C20H23F3N2/c21-20(22,23)19-9-7-16(8-10-19)4-2-12-25-13-3-6-18(15-25)17-5-1-11-24-14-17/h1,5,7-11,14,18H,2-4,6,12-13,15H2. The number of alkyl halides is 3. The second-order valence-corrected chi connectivity index (χ2v) is 6.72. The van der Waals surface area contributed by atoms with Gasteiger partial charge in [0.05, 0.1) is 5.56 Å². The molecule has 0 radical (unpaired) electrons. The topological polar surface area (TPSA) is 16.1 Å². The van der Waals surface area contributed by atoms with Gasteiger partial charge in [0.25, 0.3) is 0 Å². The summed E-state index contributed by atoms with van der Waals surface area (Å²) in [7, 11) is 0. The number of aryl methyl sites for hydroxylation is 1. The summed E-state index contributed by atoms with van der Waals surface area (Å²) < 4.78 is 37.7. The van der Waals surface area contributed by atoms with E-state index in [0.717, 1.165) is 38.0 Å². The van der Waals surface area contributed by atoms with Crippen LogP contribution >= 0.6 is 0 Å². The first-order valence-electron chi connectivity index (χ1n) is 8.81. The first-order chi connectivity index (χ1) is 12.0. The SMILES string of the molecule is FC(F)(F)c1ccc(CCCN2CCCC(c3cccnc3)C2)cc1. The van der Waals surface area contributed by atoms with Crippen LogP contribution in [0.4, 0.5) is 13.2 Å². The third-order valence-corrected chi connectivity index (χ3v) is 4.88. The highest BCUT2D eigenvalue weighted by atomic mass is 19.4. The van der Waals surface area contributed by atoms with Gasteiger partial charge in [-0.3, -0.25) is 4.98 Å². The molecule has 1 fully saturated rings. The van der Waals surface area contributed by atoms with Gasteiger partial charge < -0.3 is 4.90 Å². The smallest absolute Gasteiger partial charge is 0.303 e. The van der Waals surface area contributed by atoms with Gasteiger partial charge in [-0.15, -0.1) is 0 Å². The number of hydrogen-bond acceptors (Lipinski definition) is 2. The van der Waals surface area contributed by atoms with Crippen molar-refractivity contribution < 1.29 is 13.2 Å². The van der Waals surface area contributed by atoms with E-state index in [2.05, 4.69) is 16.0 Å². The minimum Gasteiger partial charge on any atom is -0.303 e. The molecule has 0 saturated carbocycles. The average molecular weight is 348 g/mol. The Kier molecular flexibility index (Phi) is 5.74. The van der Waals surface area contributed by atoms with Gasteiger partial charge in [0.15, 0.2) is 0 Å². The zero-order valence-corrected chi connectivity index (χ0v) is 14.2. The molecule has 3 rings (SSSR count). The summed E-state index contributed by atoms with van der Waals surface area (Å²) in [5.74, 6) is 0.536. The summed E-state index contributed by atoms with van der Waals surface area (Å²) in [6.07, 6.45) is 3.65. The Bertz CT molecular complexity index is 653. The maximum atomic E-state index is 12.6. The van der Waals surface area contributed by atoms with Crippen LogP contribution in [0.1, 0.15) is 41.9 Å². The van der Waals surface area contributed by atoms with E-state index in [4.69, 9.17) is 0 Å². The third-order valence-electron chi connectivity index (χ3n) is 4.88. The third kappa shape index (κ3) is 5.05. The van der Waals surface area contributed by atoms with Crippen molar-refractivity contribution in [2.45, 2.75) is 37.8 Å². The number of aromatic nitrogens is 1. The molecule has 1 aromatic heterocycles. The van der Waals surface area contributed by atoms with Crippen LogP contribution in [0.15, 0.2) is 48.8 Å². The lowest BCUT2D eigenvalue weighted by Crippen LogP contribution is -2.35. The van der Waals surface area contributed by atoms with E-state index < -0.39 is 11.7 Å². The van der Waals surface area contributed by atoms with Crippen LogP contribution in [0.3, 0.4) is 0 Å². The molecule has 25 heavy (non-hydrogen) atoms. The Morgan fingerprint density at radius 1 is 1.12 bits per heavy atom. The number of likely N-dealkylation sites (tertiary alicyclic amines) is 1. The highest BCUT2D eigenvalue weighted by Crippen LogP contribution is 2.29. The van der Waals surface area contributed by atoms with E-state index in [-0.39, 0.29) is 0 Å². The fourth-order valence-electron chi connectivity index (χ4n) is 3.52. The van der Waals surface area contributed by atoms with E-state index in [1.807, 2.05) is 12.3 Å². The van der Waals surface area contributed by atoms with Gasteiger partial charge in [-0.1, -0.05) is 18.2 Å². The van der Waals surface area contributed by atoms with Crippen molar-refractivity contribution >= 4 is 0 Å². The molecule has 1 aromatic carbocycles. The van der Waals surface area contributed by atoms with Crippen LogP contribution in [0.2, 0.25) is 0 Å². The minimum atomic E-state index is -4.26. The molecule has 2 nitrogen and oxygen atoms in total. The molecule has 1 atom stereocenters. The monoisotopic (exact) mass is 348 g/mol. The van der Waals surface area contributed by atoms with Crippen LogP contribution in [0.5, 0.6) is 0 Å². The maximum absolute atomic E-state index is 12.6. The first kappa shape index (κ1) is 17.9. The van der Waals surface area contributed by atoms with Crippen LogP contribution in [-0.4, -0.2) is 29.5 Å². The summed E-state index contributed by atoms with van der Waals surface area (Å²) in [5, 5.41) is 0. The number of benzene rings is 1. The molecule has 134 valence electrons. The highest BCUT2D eigenvalue weighted by Gasteiger charge is 2.29. The van der Waals surface area contributed by atoms with Crippen LogP contribution < -0.4 is 0 Å². The normalized spacial score (nSPS) is 19.1. The van der Waals surface area contributed by atoms with Crippen LogP contribution in [0.25, 0.3) is 0 Å². The summed E-state index contributed by atoms with van der Waals surface area (Å²) in [6, 6.07) is 9.67. The van der Waals surface area contributed by atoms with Gasteiger partial charge in [-0.25, -0.2) is 0 Å². The molecule has 1 aliphatic rings. The highest BCUT2D eigenvalue weighted by molar-refractivity contribution is 5.24. The predicted octanol–water partition coefficient (Wildman–Crippen LogP) is 4.91. The lowest BCUT2D eigenvalue weighted by molar-refractivity contribution is -0.137. The number of pyridine rings is 1. The van der Waals surface area contributed by atoms with Gasteiger partial charge in [0, 0.05) is 18.9 Å². The second-order valence-electron chi connectivity index (χ2n) is 6.72. The van der Waals surface area contributed by atoms with Crippen LogP contribution in [-0.2, 0) is 12.6 Å². The zero-order chi connectivity index (χ0) is 17.7. The van der Waals surface area contributed by atoms with Crippen molar-refractivity contribution in [2.24, 2.45) is 0 Å². The Labute approximate surface area is 146 Å². The summed E-state index contributed by atoms with van der Waals surface area (Å²) >= 11 is 0. The van der Waals surface area contributed by atoms with E-state index in [1.54, 1.807) is 18.3 Å². The summed E-state index contributed by atoms with van der Waals surface area (Å²) in [5.41, 5.74) is 1.69. The Balaban J connectivity index is 1.47. The largest absolute Gasteiger partial charge is 0.416 e. The molecule has 2 heterocycles. The molecule has 1 aliphatic heterocycles. The minimum absolute atomic E-state index is 0.536. The quantitative estimate of drug-likeness (QED) is 0.763. The molecule has 0 amide bonds. The lowest BCUT2D eigenvalue weighted by atomic mass is 9.91. The first-order valence-corrected chi connectivity index (χ1v) is 8.81. The van der Waals surface area contributed by atoms with Crippen molar-refractivity contribution in [3.63, 3.8) is 0 Å². The molecule has 0 N–H and O–H groups in total. The fourth-order valence-corrected chi connectivity index (χ4v) is 3.52.